The Morgan fingerprint density at radius 3 is 1.83 bits per heavy atom. The molecule has 1 aromatic heterocycles. The van der Waals surface area contributed by atoms with Crippen molar-refractivity contribution < 1.29 is 5.11 Å². The molecule has 0 saturated carbocycles. The molecule has 0 aliphatic heterocycles. The van der Waals surface area contributed by atoms with Crippen LogP contribution in [0.4, 0.5) is 0 Å². The van der Waals surface area contributed by atoms with Gasteiger partial charge in [0.1, 0.15) is 11.6 Å². The largest absolute Gasteiger partial charge is 0.378 e. The topological polar surface area (TPSA) is 63.8 Å². The second-order valence-corrected chi connectivity index (χ2v) is 7.04. The summed E-state index contributed by atoms with van der Waals surface area (Å²) >= 11 is 6.85. The van der Waals surface area contributed by atoms with Gasteiger partial charge in [0.15, 0.2) is 6.33 Å². The highest BCUT2D eigenvalue weighted by Gasteiger charge is 2.40. The van der Waals surface area contributed by atoms with Crippen LogP contribution in [0.25, 0.3) is 0 Å². The van der Waals surface area contributed by atoms with Crippen LogP contribution in [0.1, 0.15) is 24.1 Å². The van der Waals surface area contributed by atoms with E-state index in [4.69, 9.17) is 0 Å². The van der Waals surface area contributed by atoms with Gasteiger partial charge in [-0.05, 0) is 47.5 Å². The molecule has 3 aromatic rings. The smallest absolute Gasteiger partial charge is 0.162 e. The third-order valence-electron chi connectivity index (χ3n) is 3.88. The summed E-state index contributed by atoms with van der Waals surface area (Å²) in [4.78, 5) is 1.42. The Morgan fingerprint density at radius 1 is 0.957 bits per heavy atom. The number of hydrogen-bond acceptors (Lipinski definition) is 4. The number of nitrogens with zero attached hydrogens (tertiary/aromatic N) is 4. The van der Waals surface area contributed by atoms with E-state index >= 15 is 0 Å². The summed E-state index contributed by atoms with van der Waals surface area (Å²) < 4.78 is 1.90. The summed E-state index contributed by atoms with van der Waals surface area (Å²) in [5.41, 5.74) is 0.225. The maximum Gasteiger partial charge on any atom is 0.162 e. The Balaban J connectivity index is 2.16. The van der Waals surface area contributed by atoms with E-state index in [-0.39, 0.29) is 0 Å². The van der Waals surface area contributed by atoms with Gasteiger partial charge in [0.05, 0.1) is 0 Å². The van der Waals surface area contributed by atoms with E-state index in [2.05, 4.69) is 47.3 Å². The number of benzene rings is 2. The van der Waals surface area contributed by atoms with Crippen LogP contribution in [0, 0.1) is 0 Å². The molecule has 0 radical (unpaired) electrons. The van der Waals surface area contributed by atoms with E-state index in [1.54, 1.807) is 0 Å². The number of hydrogen-bond donors (Lipinski definition) is 1. The molecule has 0 aliphatic rings. The lowest BCUT2D eigenvalue weighted by atomic mass is 9.81. The van der Waals surface area contributed by atoms with Gasteiger partial charge in [0.2, 0.25) is 0 Å². The predicted molar refractivity (Wildman–Crippen MR) is 93.8 cm³/mol. The van der Waals surface area contributed by atoms with Gasteiger partial charge in [-0.3, -0.25) is 0 Å². The molecule has 0 spiro atoms. The monoisotopic (exact) mass is 436 g/mol. The average molecular weight is 438 g/mol. The molecule has 5 nitrogen and oxygen atoms in total. The molecule has 0 bridgehead atoms. The molecule has 7 heteroatoms. The highest BCUT2D eigenvalue weighted by Crippen LogP contribution is 2.39. The van der Waals surface area contributed by atoms with Crippen LogP contribution in [-0.2, 0) is 5.60 Å². The number of aromatic nitrogens is 4. The molecule has 0 amide bonds. The molecule has 0 aliphatic carbocycles. The Labute approximate surface area is 150 Å². The average Bonchev–Trinajstić information content (AvgIpc) is 3.09. The van der Waals surface area contributed by atoms with E-state index in [1.165, 1.54) is 11.1 Å². The molecule has 0 saturated heterocycles. The molecule has 1 atom stereocenters. The van der Waals surface area contributed by atoms with Gasteiger partial charge in [0.25, 0.3) is 0 Å². The molecule has 118 valence electrons. The van der Waals surface area contributed by atoms with Gasteiger partial charge < -0.3 is 5.11 Å². The fraction of sp³-hybridized carbons (Fsp3) is 0.188. The highest BCUT2D eigenvalue weighted by molar-refractivity contribution is 9.10. The first kappa shape index (κ1) is 16.3. The molecule has 0 fully saturated rings. The summed E-state index contributed by atoms with van der Waals surface area (Å²) in [5, 5.41) is 23.4. The number of aliphatic hydroxyl groups is 1. The molecular formula is C16H14Br2N4O. The lowest BCUT2D eigenvalue weighted by Gasteiger charge is -2.34. The van der Waals surface area contributed by atoms with E-state index in [0.717, 1.165) is 20.1 Å². The van der Waals surface area contributed by atoms with Crippen molar-refractivity contribution >= 4 is 31.9 Å². The fourth-order valence-corrected chi connectivity index (χ4v) is 3.11. The van der Waals surface area contributed by atoms with Crippen LogP contribution in [0.3, 0.4) is 0 Å². The van der Waals surface area contributed by atoms with Gasteiger partial charge in [-0.15, -0.1) is 10.2 Å². The van der Waals surface area contributed by atoms with E-state index in [9.17, 15) is 5.11 Å². The standard InChI is InChI=1S/C16H14Br2N4O/c1-11(22-20-10-19-21-22)16(23,12-2-6-14(17)7-3-12)13-4-8-15(18)9-5-13/h2-11,23H,1H3. The normalized spacial score (nSPS) is 13.0. The van der Waals surface area contributed by atoms with Gasteiger partial charge in [0, 0.05) is 8.95 Å². The van der Waals surface area contributed by atoms with Crippen molar-refractivity contribution in [3.63, 3.8) is 0 Å². The summed E-state index contributed by atoms with van der Waals surface area (Å²) in [6.07, 6.45) is 1.36. The van der Waals surface area contributed by atoms with Crippen LogP contribution in [0.2, 0.25) is 0 Å². The van der Waals surface area contributed by atoms with E-state index in [0.29, 0.717) is 0 Å². The minimum absolute atomic E-state index is 0.438. The molecular weight excluding hydrogens is 424 g/mol. The van der Waals surface area contributed by atoms with Crippen molar-refractivity contribution in [1.82, 2.24) is 20.2 Å². The van der Waals surface area contributed by atoms with Crippen LogP contribution in [0.5, 0.6) is 0 Å². The summed E-state index contributed by atoms with van der Waals surface area (Å²) in [5.74, 6) is 0. The van der Waals surface area contributed by atoms with Crippen molar-refractivity contribution in [2.45, 2.75) is 18.6 Å². The molecule has 1 N–H and O–H groups in total. The van der Waals surface area contributed by atoms with Crippen molar-refractivity contribution in [1.29, 1.82) is 0 Å². The van der Waals surface area contributed by atoms with Crippen molar-refractivity contribution in [2.75, 3.05) is 0 Å². The lowest BCUT2D eigenvalue weighted by molar-refractivity contribution is 0.0183. The zero-order valence-electron chi connectivity index (χ0n) is 12.3. The first-order chi connectivity index (χ1) is 11.0. The Kier molecular flexibility index (Phi) is 4.61. The van der Waals surface area contributed by atoms with Crippen molar-refractivity contribution in [3.8, 4) is 0 Å². The SMILES string of the molecule is CC(n1ncnn1)C(O)(c1ccc(Br)cc1)c1ccc(Br)cc1. The lowest BCUT2D eigenvalue weighted by Crippen LogP contribution is -2.37. The quantitative estimate of drug-likeness (QED) is 0.675. The second-order valence-electron chi connectivity index (χ2n) is 5.21. The van der Waals surface area contributed by atoms with Crippen LogP contribution in [-0.4, -0.2) is 25.3 Å². The number of tetrazole rings is 1. The highest BCUT2D eigenvalue weighted by atomic mass is 79.9. The zero-order valence-corrected chi connectivity index (χ0v) is 15.4. The van der Waals surface area contributed by atoms with Crippen LogP contribution in [0.15, 0.2) is 63.8 Å². The van der Waals surface area contributed by atoms with Gasteiger partial charge >= 0.3 is 0 Å². The minimum Gasteiger partial charge on any atom is -0.378 e. The van der Waals surface area contributed by atoms with Crippen molar-refractivity contribution in [2.24, 2.45) is 0 Å². The number of rotatable bonds is 4. The van der Waals surface area contributed by atoms with Crippen molar-refractivity contribution in [3.05, 3.63) is 74.9 Å². The van der Waals surface area contributed by atoms with Crippen LogP contribution >= 0.6 is 31.9 Å². The van der Waals surface area contributed by atoms with Crippen LogP contribution < -0.4 is 0 Å². The number of halogens is 2. The summed E-state index contributed by atoms with van der Waals surface area (Å²) in [6.45, 7) is 1.87. The molecule has 1 heterocycles. The molecule has 1 unspecified atom stereocenters. The Hall–Kier alpha value is -1.57. The van der Waals surface area contributed by atoms with Gasteiger partial charge in [-0.25, -0.2) is 0 Å². The summed E-state index contributed by atoms with van der Waals surface area (Å²) in [7, 11) is 0. The minimum atomic E-state index is -1.29. The molecule has 3 rings (SSSR count). The molecule has 23 heavy (non-hydrogen) atoms. The summed E-state index contributed by atoms with van der Waals surface area (Å²) in [6, 6.07) is 14.7. The maximum atomic E-state index is 11.6. The predicted octanol–water partition coefficient (Wildman–Crippen LogP) is 3.70. The fourth-order valence-electron chi connectivity index (χ4n) is 2.58. The Bertz CT molecular complexity index is 727. The zero-order chi connectivity index (χ0) is 16.4. The third-order valence-corrected chi connectivity index (χ3v) is 4.94. The maximum absolute atomic E-state index is 11.6. The van der Waals surface area contributed by atoms with Gasteiger partial charge in [-0.2, -0.15) is 4.80 Å². The third kappa shape index (κ3) is 3.08. The first-order valence-electron chi connectivity index (χ1n) is 6.98. The Morgan fingerprint density at radius 2 is 1.43 bits per heavy atom. The van der Waals surface area contributed by atoms with E-state index < -0.39 is 11.6 Å². The second kappa shape index (κ2) is 6.51. The molecule has 2 aromatic carbocycles. The first-order valence-corrected chi connectivity index (χ1v) is 8.57. The van der Waals surface area contributed by atoms with E-state index in [1.807, 2.05) is 55.5 Å². The van der Waals surface area contributed by atoms with Gasteiger partial charge in [-0.1, -0.05) is 56.1 Å².